The molecule has 1 aromatic heterocycles. The number of hydrogen-bond donors (Lipinski definition) is 1. The number of hydrogen-bond acceptors (Lipinski definition) is 5. The largest absolute Gasteiger partial charge is 0.598 e. The quantitative estimate of drug-likeness (QED) is 0.225. The number of benzene rings is 1. The van der Waals surface area contributed by atoms with Crippen LogP contribution in [0.2, 0.25) is 0 Å². The van der Waals surface area contributed by atoms with Gasteiger partial charge in [0.1, 0.15) is 10.5 Å². The van der Waals surface area contributed by atoms with E-state index < -0.39 is 34.7 Å². The van der Waals surface area contributed by atoms with Crippen molar-refractivity contribution in [3.63, 3.8) is 0 Å². The van der Waals surface area contributed by atoms with Gasteiger partial charge in [-0.1, -0.05) is 19.1 Å². The second kappa shape index (κ2) is 11.5. The van der Waals surface area contributed by atoms with Crippen LogP contribution < -0.4 is 9.46 Å². The molecule has 2 atom stereocenters. The van der Waals surface area contributed by atoms with E-state index in [9.17, 15) is 22.5 Å². The number of halogens is 3. The molecule has 0 aliphatic rings. The highest BCUT2D eigenvalue weighted by atomic mass is 32.2. The third-order valence-corrected chi connectivity index (χ3v) is 7.52. The van der Waals surface area contributed by atoms with Crippen molar-refractivity contribution in [2.45, 2.75) is 70.3 Å². The van der Waals surface area contributed by atoms with E-state index in [1.165, 1.54) is 11.3 Å². The lowest BCUT2D eigenvalue weighted by Gasteiger charge is -2.28. The van der Waals surface area contributed by atoms with Crippen LogP contribution >= 0.6 is 11.3 Å². The number of carbonyl (C=O) groups excluding carboxylic acids is 1. The average molecular weight is 490 g/mol. The van der Waals surface area contributed by atoms with Gasteiger partial charge in [-0.2, -0.15) is 13.2 Å². The maximum absolute atomic E-state index is 12.9. The average Bonchev–Trinajstić information content (AvgIpc) is 3.19. The number of carbonyl (C=O) groups is 1. The van der Waals surface area contributed by atoms with Gasteiger partial charge in [0.25, 0.3) is 0 Å². The van der Waals surface area contributed by atoms with Gasteiger partial charge in [-0.15, -0.1) is 16.1 Å². The van der Waals surface area contributed by atoms with Gasteiger partial charge >= 0.3 is 6.18 Å². The SMILES string of the molecule is CCc1ccc(C(=O)CC(N[S+]([O-])C(C)(C)C)c2ccc(OCCCC(F)(F)F)cc2)s1. The molecule has 9 heteroatoms. The molecule has 0 radical (unpaired) electrons. The molecule has 0 aliphatic carbocycles. The molecule has 1 heterocycles. The maximum atomic E-state index is 12.9. The Morgan fingerprint density at radius 3 is 2.34 bits per heavy atom. The number of rotatable bonds is 11. The second-order valence-electron chi connectivity index (χ2n) is 8.43. The molecule has 2 aromatic rings. The molecule has 1 aromatic carbocycles. The van der Waals surface area contributed by atoms with Crippen molar-refractivity contribution >= 4 is 28.5 Å². The number of alkyl halides is 3. The van der Waals surface area contributed by atoms with Crippen LogP contribution in [0, 0.1) is 0 Å². The maximum Gasteiger partial charge on any atom is 0.389 e. The Bertz CT molecular complexity index is 861. The Labute approximate surface area is 194 Å². The summed E-state index contributed by atoms with van der Waals surface area (Å²) in [5, 5.41) is 0. The molecule has 2 unspecified atom stereocenters. The van der Waals surface area contributed by atoms with Crippen molar-refractivity contribution in [2.24, 2.45) is 0 Å². The van der Waals surface area contributed by atoms with Gasteiger partial charge in [-0.05, 0) is 63.4 Å². The lowest BCUT2D eigenvalue weighted by atomic mass is 10.0. The van der Waals surface area contributed by atoms with Crippen molar-refractivity contribution in [2.75, 3.05) is 6.61 Å². The first-order valence-electron chi connectivity index (χ1n) is 10.5. The molecule has 0 fully saturated rings. The molecule has 0 aliphatic heterocycles. The summed E-state index contributed by atoms with van der Waals surface area (Å²) in [5.41, 5.74) is 0.755. The zero-order valence-corrected chi connectivity index (χ0v) is 20.4. The lowest BCUT2D eigenvalue weighted by Crippen LogP contribution is -2.41. The van der Waals surface area contributed by atoms with Crippen molar-refractivity contribution in [3.05, 3.63) is 51.7 Å². The molecule has 178 valence electrons. The van der Waals surface area contributed by atoms with E-state index in [4.69, 9.17) is 4.74 Å². The Kier molecular flexibility index (Phi) is 9.63. The normalized spacial score (nSPS) is 14.2. The van der Waals surface area contributed by atoms with Crippen molar-refractivity contribution in [1.82, 2.24) is 4.72 Å². The highest BCUT2D eigenvalue weighted by Crippen LogP contribution is 2.28. The van der Waals surface area contributed by atoms with Crippen LogP contribution in [-0.2, 0) is 17.8 Å². The third-order valence-electron chi connectivity index (χ3n) is 4.64. The minimum Gasteiger partial charge on any atom is -0.598 e. The Hall–Kier alpha value is -1.55. The number of Topliss-reactive ketones (excluding diaryl/α,β-unsaturated/α-hetero) is 1. The first-order valence-corrected chi connectivity index (χ1v) is 12.4. The van der Waals surface area contributed by atoms with Crippen molar-refractivity contribution in [3.8, 4) is 5.75 Å². The monoisotopic (exact) mass is 489 g/mol. The van der Waals surface area contributed by atoms with Gasteiger partial charge in [-0.3, -0.25) is 4.79 Å². The minimum absolute atomic E-state index is 0.0365. The van der Waals surface area contributed by atoms with Crippen LogP contribution in [0.1, 0.15) is 73.1 Å². The van der Waals surface area contributed by atoms with Crippen LogP contribution in [-0.4, -0.2) is 27.9 Å². The third kappa shape index (κ3) is 8.77. The van der Waals surface area contributed by atoms with Gasteiger partial charge in [0.2, 0.25) is 0 Å². The summed E-state index contributed by atoms with van der Waals surface area (Å²) < 4.78 is 57.4. The molecule has 32 heavy (non-hydrogen) atoms. The molecule has 0 amide bonds. The highest BCUT2D eigenvalue weighted by Gasteiger charge is 2.31. The van der Waals surface area contributed by atoms with Gasteiger partial charge < -0.3 is 9.29 Å². The summed E-state index contributed by atoms with van der Waals surface area (Å²) in [6, 6.07) is 10.1. The Morgan fingerprint density at radius 1 is 1.16 bits per heavy atom. The number of ether oxygens (including phenoxy) is 1. The highest BCUT2D eigenvalue weighted by molar-refractivity contribution is 7.90. The van der Waals surface area contributed by atoms with Crippen LogP contribution in [0.25, 0.3) is 0 Å². The predicted octanol–water partition coefficient (Wildman–Crippen LogP) is 6.40. The summed E-state index contributed by atoms with van der Waals surface area (Å²) in [6.07, 6.45) is -4.20. The van der Waals surface area contributed by atoms with E-state index in [1.807, 2.05) is 39.8 Å². The lowest BCUT2D eigenvalue weighted by molar-refractivity contribution is -0.136. The molecular weight excluding hydrogens is 459 g/mol. The van der Waals surface area contributed by atoms with Gasteiger partial charge in [-0.25, -0.2) is 0 Å². The molecule has 4 nitrogen and oxygen atoms in total. The van der Waals surface area contributed by atoms with Crippen LogP contribution in [0.5, 0.6) is 5.75 Å². The van der Waals surface area contributed by atoms with E-state index in [0.717, 1.165) is 16.9 Å². The van der Waals surface area contributed by atoms with Crippen molar-refractivity contribution in [1.29, 1.82) is 0 Å². The summed E-state index contributed by atoms with van der Waals surface area (Å²) in [6.45, 7) is 7.54. The molecule has 0 saturated heterocycles. The Balaban J connectivity index is 2.09. The summed E-state index contributed by atoms with van der Waals surface area (Å²) in [7, 11) is 0. The summed E-state index contributed by atoms with van der Waals surface area (Å²) in [5.74, 6) is 0.411. The topological polar surface area (TPSA) is 61.4 Å². The number of aryl methyl sites for hydroxylation is 1. The summed E-state index contributed by atoms with van der Waals surface area (Å²) in [4.78, 5) is 14.7. The van der Waals surface area contributed by atoms with Gasteiger partial charge in [0.05, 0.1) is 17.5 Å². The smallest absolute Gasteiger partial charge is 0.389 e. The molecule has 0 spiro atoms. The molecule has 2 rings (SSSR count). The van der Waals surface area contributed by atoms with Crippen LogP contribution in [0.4, 0.5) is 13.2 Å². The molecule has 1 N–H and O–H groups in total. The van der Waals surface area contributed by atoms with E-state index in [-0.39, 0.29) is 25.2 Å². The van der Waals surface area contributed by atoms with E-state index >= 15 is 0 Å². The summed E-state index contributed by atoms with van der Waals surface area (Å²) >= 11 is 0.0709. The van der Waals surface area contributed by atoms with E-state index in [0.29, 0.717) is 10.6 Å². The standard InChI is InChI=1S/C23H30F3NO3S2/c1-5-18-11-12-21(31-18)20(28)15-19(27-32(29)22(2,3)4)16-7-9-17(10-8-16)30-14-6-13-23(24,25)26/h7-12,19,27H,5-6,13-15H2,1-4H3. The Morgan fingerprint density at radius 2 is 1.81 bits per heavy atom. The molecule has 0 bridgehead atoms. The fourth-order valence-electron chi connectivity index (χ4n) is 2.80. The van der Waals surface area contributed by atoms with Gasteiger partial charge in [0, 0.05) is 29.1 Å². The number of thiophene rings is 1. The molecular formula is C23H30F3NO3S2. The zero-order chi connectivity index (χ0) is 23.9. The fourth-order valence-corrected chi connectivity index (χ4v) is 4.52. The van der Waals surface area contributed by atoms with Crippen LogP contribution in [0.3, 0.4) is 0 Å². The van der Waals surface area contributed by atoms with Crippen LogP contribution in [0.15, 0.2) is 36.4 Å². The number of nitrogens with one attached hydrogen (secondary N) is 1. The molecule has 0 saturated carbocycles. The fraction of sp³-hybridized carbons (Fsp3) is 0.522. The van der Waals surface area contributed by atoms with E-state index in [1.54, 1.807) is 24.3 Å². The predicted molar refractivity (Wildman–Crippen MR) is 124 cm³/mol. The van der Waals surface area contributed by atoms with Crippen molar-refractivity contribution < 1.29 is 27.3 Å². The number of ketones is 1. The minimum atomic E-state index is -4.19. The first kappa shape index (κ1) is 26.7. The zero-order valence-electron chi connectivity index (χ0n) is 18.8. The van der Waals surface area contributed by atoms with E-state index in [2.05, 4.69) is 4.72 Å². The van der Waals surface area contributed by atoms with Gasteiger partial charge in [0.15, 0.2) is 5.78 Å². The first-order chi connectivity index (χ1) is 14.9. The second-order valence-corrected chi connectivity index (χ2v) is 11.6.